The summed E-state index contributed by atoms with van der Waals surface area (Å²) in [6.07, 6.45) is 3.72. The summed E-state index contributed by atoms with van der Waals surface area (Å²) in [4.78, 5) is 24.9. The lowest BCUT2D eigenvalue weighted by Crippen LogP contribution is -2.50. The number of anilines is 3. The number of aromatic nitrogens is 9. The van der Waals surface area contributed by atoms with Crippen molar-refractivity contribution in [2.45, 2.75) is 0 Å². The Hall–Kier alpha value is -6.46. The predicted octanol–water partition coefficient (Wildman–Crippen LogP) is -1.33. The number of nitrogens with two attached hydrogens (primary N) is 1. The number of nitrogens with zero attached hydrogens (tertiary/aromatic N) is 7. The van der Waals surface area contributed by atoms with Crippen LogP contribution in [0.2, 0.25) is 0 Å². The molecule has 0 bridgehead atoms. The average molecular weight is 847 g/mol. The van der Waals surface area contributed by atoms with Crippen molar-refractivity contribution in [3.05, 3.63) is 85.6 Å². The van der Waals surface area contributed by atoms with Crippen molar-refractivity contribution in [2.24, 2.45) is 16.0 Å². The molecule has 0 saturated heterocycles. The molecule has 0 amide bonds. The molecule has 0 unspecified atom stereocenters. The Kier molecular flexibility index (Phi) is 14.4. The third kappa shape index (κ3) is 10.5. The van der Waals surface area contributed by atoms with Crippen LogP contribution in [0.5, 0.6) is 17.2 Å². The minimum absolute atomic E-state index is 0.125. The zero-order valence-electron chi connectivity index (χ0n) is 30.1. The van der Waals surface area contributed by atoms with E-state index in [4.69, 9.17) is 49.8 Å². The van der Waals surface area contributed by atoms with Crippen LogP contribution in [0.4, 0.5) is 17.8 Å². The van der Waals surface area contributed by atoms with Gasteiger partial charge in [0.25, 0.3) is 0 Å². The van der Waals surface area contributed by atoms with Crippen molar-refractivity contribution in [3.63, 3.8) is 0 Å². The lowest BCUT2D eigenvalue weighted by molar-refractivity contribution is 0.112. The van der Waals surface area contributed by atoms with E-state index in [1.54, 1.807) is 37.6 Å². The van der Waals surface area contributed by atoms with Crippen LogP contribution in [-0.4, -0.2) is 125 Å². The Morgan fingerprint density at radius 3 is 1.69 bits per heavy atom. The predicted molar refractivity (Wildman–Crippen MR) is 224 cm³/mol. The fourth-order valence-corrected chi connectivity index (χ4v) is 5.43. The molecular weight excluding hydrogens is 815 g/mol. The van der Waals surface area contributed by atoms with Crippen molar-refractivity contribution in [2.75, 3.05) is 29.5 Å². The van der Waals surface area contributed by atoms with Crippen LogP contribution in [0.3, 0.4) is 0 Å². The second kappa shape index (κ2) is 19.6. The zero-order chi connectivity index (χ0) is 41.9. The van der Waals surface area contributed by atoms with Crippen LogP contribution in [0.1, 0.15) is 21.5 Å². The summed E-state index contributed by atoms with van der Waals surface area (Å²) in [5, 5.41) is 71.7. The molecule has 6 aromatic rings. The number of aromatic amines is 6. The van der Waals surface area contributed by atoms with Crippen molar-refractivity contribution in [3.8, 4) is 17.2 Å². The molecule has 23 nitrogen and oxygen atoms in total. The van der Waals surface area contributed by atoms with Gasteiger partial charge in [-0.25, -0.2) is 15.7 Å². The molecule has 5 heterocycles. The highest BCUT2D eigenvalue weighted by Gasteiger charge is 2.33. The maximum absolute atomic E-state index is 10.5. The lowest BCUT2D eigenvalue weighted by atomic mass is 9.70. The summed E-state index contributed by atoms with van der Waals surface area (Å²) in [6, 6.07) is 14.5. The number of phenols is 1. The number of methoxy groups -OCH3 is 2. The largest absolute Gasteiger partial charge is 0.508 e. The third-order valence-corrected chi connectivity index (χ3v) is 8.35. The number of aromatic hydroxyl groups is 1. The average Bonchev–Trinajstić information content (AvgIpc) is 3.99. The number of hydrazine groups is 1. The molecule has 14 N–H and O–H groups in total. The maximum atomic E-state index is 10.5. The van der Waals surface area contributed by atoms with Gasteiger partial charge in [-0.15, -0.1) is 0 Å². The zero-order valence-corrected chi connectivity index (χ0v) is 32.5. The molecule has 298 valence electrons. The van der Waals surface area contributed by atoms with Gasteiger partial charge in [0.15, 0.2) is 0 Å². The summed E-state index contributed by atoms with van der Waals surface area (Å²) in [5.41, 5.74) is 5.49. The van der Waals surface area contributed by atoms with E-state index < -0.39 is 21.2 Å². The highest BCUT2D eigenvalue weighted by Crippen LogP contribution is 2.18. The van der Waals surface area contributed by atoms with E-state index in [1.807, 2.05) is 6.07 Å². The molecule has 0 fully saturated rings. The van der Waals surface area contributed by atoms with E-state index in [0.717, 1.165) is 11.0 Å². The van der Waals surface area contributed by atoms with E-state index >= 15 is 0 Å². The summed E-state index contributed by atoms with van der Waals surface area (Å²) in [7, 11) is -0.488. The van der Waals surface area contributed by atoms with Crippen LogP contribution in [0.15, 0.2) is 64.8 Å². The van der Waals surface area contributed by atoms with Crippen LogP contribution in [-0.2, 0) is 0 Å². The molecule has 58 heavy (non-hydrogen) atoms. The van der Waals surface area contributed by atoms with Gasteiger partial charge >= 0.3 is 21.2 Å². The first-order valence-electron chi connectivity index (χ1n) is 16.3. The maximum Gasteiger partial charge on any atom is 0.489 e. The number of carbonyl (C=O) groups excluding carboxylic acids is 1. The molecule has 0 radical (unpaired) electrons. The number of hydrogen-bond acceptors (Lipinski definition) is 20. The molecule has 8 rings (SSSR count). The first-order valence-corrected chi connectivity index (χ1v) is 17.5. The molecule has 0 saturated carbocycles. The Labute approximate surface area is 343 Å². The van der Waals surface area contributed by atoms with Gasteiger partial charge in [0, 0.05) is 5.56 Å². The van der Waals surface area contributed by atoms with Gasteiger partial charge in [0.1, 0.15) is 23.5 Å². The number of ether oxygens (including phenoxy) is 2. The Balaban J connectivity index is 0.000000154. The van der Waals surface area contributed by atoms with E-state index in [-0.39, 0.29) is 21.5 Å². The summed E-state index contributed by atoms with van der Waals surface area (Å²) >= 11 is 14.3. The fraction of sp³-hybridized carbons (Fsp3) is 0.0690. The van der Waals surface area contributed by atoms with E-state index in [2.05, 4.69) is 73.4 Å². The van der Waals surface area contributed by atoms with Crippen molar-refractivity contribution in [1.82, 2.24) is 45.5 Å². The summed E-state index contributed by atoms with van der Waals surface area (Å²) in [6.45, 7) is 0. The minimum atomic E-state index is -1.63. The molecule has 2 aliphatic rings. The molecule has 2 aliphatic heterocycles. The number of nitrogens with one attached hydrogen (secondary N) is 7. The lowest BCUT2D eigenvalue weighted by Gasteiger charge is -2.24. The normalized spacial score (nSPS) is 12.1. The van der Waals surface area contributed by atoms with Gasteiger partial charge < -0.3 is 34.7 Å². The topological polar surface area (TPSA) is 339 Å². The number of rotatable bonds is 7. The smallest absolute Gasteiger partial charge is 0.489 e. The first kappa shape index (κ1) is 42.7. The number of aldehydes is 1. The van der Waals surface area contributed by atoms with Crippen molar-refractivity contribution >= 4 is 111 Å². The highest BCUT2D eigenvalue weighted by atomic mass is 32.1. The fourth-order valence-electron chi connectivity index (χ4n) is 5.01. The number of benzene rings is 3. The number of phenolic OH excluding ortho intramolecular Hbond substituents is 1. The van der Waals surface area contributed by atoms with Gasteiger partial charge in [-0.2, -0.15) is 25.2 Å². The van der Waals surface area contributed by atoms with Gasteiger partial charge in [0.05, 0.1) is 26.6 Å². The number of carbonyl (C=O) groups is 1. The highest BCUT2D eigenvalue weighted by molar-refractivity contribution is 7.71. The number of H-pyrrole nitrogens is 6. The second-order valence-electron chi connectivity index (χ2n) is 11.4. The molecule has 29 heteroatoms. The molecule has 0 atom stereocenters. The van der Waals surface area contributed by atoms with Crippen LogP contribution in [0.25, 0.3) is 0 Å². The molecule has 0 aliphatic carbocycles. The van der Waals surface area contributed by atoms with Crippen LogP contribution < -0.4 is 47.0 Å². The van der Waals surface area contributed by atoms with Crippen LogP contribution >= 0.6 is 36.7 Å². The number of hydrogen-bond donors (Lipinski definition) is 13. The quantitative estimate of drug-likeness (QED) is 0.0291. The molecule has 3 aromatic carbocycles. The van der Waals surface area contributed by atoms with E-state index in [0.29, 0.717) is 56.2 Å². The summed E-state index contributed by atoms with van der Waals surface area (Å²) in [5.74, 6) is 7.42. The number of nitrogen functional groups attached to an aromatic ring is 1. The van der Waals surface area contributed by atoms with Gasteiger partial charge in [-0.05, 0) is 101 Å². The minimum Gasteiger partial charge on any atom is -0.508 e. The van der Waals surface area contributed by atoms with E-state index in [9.17, 15) is 19.9 Å². The monoisotopic (exact) mass is 847 g/mol. The van der Waals surface area contributed by atoms with Crippen molar-refractivity contribution < 1.29 is 39.5 Å². The second-order valence-corrected chi connectivity index (χ2v) is 12.5. The molecular formula is C29H32B3N15O8S3. The number of hydrazone groups is 2. The van der Waals surface area contributed by atoms with E-state index in [1.165, 1.54) is 47.4 Å². The SMILES string of the molecule is COc1ccc(B(O)O)c(C=O)c1.COc1ccc2c(c1)C=NN(c1nc(=S)[nH][nH]1)B2O.NNc1nc(=S)[nH][nH]1.OB1c2ccc(O)cc2C=NN1c1nc(=S)[nH][nH]1. The van der Waals surface area contributed by atoms with Crippen LogP contribution in [0, 0.1) is 14.3 Å². The molecule has 3 aromatic heterocycles. The standard InChI is InChI=1S/C10H10BN5O2S.C9H8BN5O2S.C8H9BO4.C2H5N5S/c1-18-7-2-3-8-6(4-7)5-12-16(11(8)17)9-13-10(19)15-14-9;16-6-1-2-7-5(3-6)4-11-15(10(7)17)8-12-9(18)14-13-8;1-13-7-2-3-8(9(11)12)6(4-7)5-10;3-5-1-4-2(8)7-6-1/h2-5,17H,1H3,(H2,13,14,15,19);1-4,16-17H,(H2,12,13,14,18);2-5,11-12H,1H3;3H2,(H3,4,5,6,7,8). The Morgan fingerprint density at radius 2 is 1.24 bits per heavy atom. The van der Waals surface area contributed by atoms with Crippen molar-refractivity contribution in [1.29, 1.82) is 0 Å². The first-order chi connectivity index (χ1) is 27.8. The van der Waals surface area contributed by atoms with Gasteiger partial charge in [0.2, 0.25) is 32.2 Å². The number of fused-ring (bicyclic) bond motifs is 2. The Morgan fingerprint density at radius 1 is 0.741 bits per heavy atom. The molecule has 0 spiro atoms. The van der Waals surface area contributed by atoms with Gasteiger partial charge in [-0.3, -0.25) is 40.8 Å². The Bertz CT molecular complexity index is 2580. The summed E-state index contributed by atoms with van der Waals surface area (Å²) < 4.78 is 11.0. The third-order valence-electron chi connectivity index (χ3n) is 7.77. The van der Waals surface area contributed by atoms with Gasteiger partial charge in [-0.1, -0.05) is 18.2 Å².